The molecule has 2 aromatic carbocycles. The number of hydrogen-bond acceptors (Lipinski definition) is 6. The molecule has 3 aromatic rings. The summed E-state index contributed by atoms with van der Waals surface area (Å²) in [5, 5.41) is 17.6. The van der Waals surface area contributed by atoms with Crippen molar-refractivity contribution in [2.24, 2.45) is 0 Å². The minimum absolute atomic E-state index is 0.0911. The van der Waals surface area contributed by atoms with Gasteiger partial charge in [-0.3, -0.25) is 9.36 Å². The maximum Gasteiger partial charge on any atom is 0.237 e. The maximum atomic E-state index is 12.8. The number of nitrogens with zero attached hydrogens (tertiary/aromatic N) is 5. The molecule has 0 N–H and O–H groups in total. The lowest BCUT2D eigenvalue weighted by atomic mass is 10.2. The van der Waals surface area contributed by atoms with Gasteiger partial charge in [-0.1, -0.05) is 36.0 Å². The molecule has 0 atom stereocenters. The Kier molecular flexibility index (Phi) is 6.65. The number of para-hydroxylation sites is 1. The van der Waals surface area contributed by atoms with Crippen molar-refractivity contribution in [2.45, 2.75) is 11.6 Å². The number of carbonyl (C=O) groups excluding carboxylic acids is 1. The van der Waals surface area contributed by atoms with Crippen LogP contribution in [0.25, 0.3) is 5.69 Å². The van der Waals surface area contributed by atoms with Crippen molar-refractivity contribution >= 4 is 23.4 Å². The third kappa shape index (κ3) is 4.69. The molecule has 8 heteroatoms. The molecule has 28 heavy (non-hydrogen) atoms. The molecule has 0 saturated heterocycles. The molecule has 3 rings (SSSR count). The molecule has 0 saturated carbocycles. The quantitative estimate of drug-likeness (QED) is 0.546. The van der Waals surface area contributed by atoms with E-state index >= 15 is 0 Å². The van der Waals surface area contributed by atoms with Crippen LogP contribution in [-0.4, -0.2) is 40.1 Å². The predicted octanol–water partition coefficient (Wildman–Crippen LogP) is 3.31. The third-order valence-electron chi connectivity index (χ3n) is 3.99. The fourth-order valence-electron chi connectivity index (χ4n) is 2.63. The van der Waals surface area contributed by atoms with Gasteiger partial charge >= 0.3 is 0 Å². The largest absolute Gasteiger partial charge is 0.497 e. The lowest BCUT2D eigenvalue weighted by molar-refractivity contribution is -0.116. The summed E-state index contributed by atoms with van der Waals surface area (Å²) in [5.74, 6) is 0.819. The molecule has 1 amide bonds. The molecule has 1 heterocycles. The van der Waals surface area contributed by atoms with Crippen molar-refractivity contribution in [3.63, 3.8) is 0 Å². The van der Waals surface area contributed by atoms with E-state index in [4.69, 9.17) is 10.00 Å². The van der Waals surface area contributed by atoms with Crippen molar-refractivity contribution in [2.75, 3.05) is 24.3 Å². The molecule has 0 bridgehead atoms. The fraction of sp³-hybridized carbons (Fsp3) is 0.200. The molecular weight excluding hydrogens is 374 g/mol. The zero-order valence-electron chi connectivity index (χ0n) is 15.4. The first-order valence-electron chi connectivity index (χ1n) is 8.62. The molecule has 0 unspecified atom stereocenters. The second kappa shape index (κ2) is 9.58. The summed E-state index contributed by atoms with van der Waals surface area (Å²) in [6, 6.07) is 19.0. The van der Waals surface area contributed by atoms with Gasteiger partial charge in [-0.15, -0.1) is 10.2 Å². The zero-order chi connectivity index (χ0) is 19.8. The average Bonchev–Trinajstić information content (AvgIpc) is 3.22. The Labute approximate surface area is 167 Å². The second-order valence-electron chi connectivity index (χ2n) is 5.76. The Morgan fingerprint density at radius 1 is 1.25 bits per heavy atom. The summed E-state index contributed by atoms with van der Waals surface area (Å²) in [6.07, 6.45) is 1.87. The van der Waals surface area contributed by atoms with Crippen molar-refractivity contribution in [3.8, 4) is 17.5 Å². The van der Waals surface area contributed by atoms with Crippen LogP contribution in [0.5, 0.6) is 5.75 Å². The van der Waals surface area contributed by atoms with Crippen molar-refractivity contribution in [1.29, 1.82) is 5.26 Å². The Morgan fingerprint density at radius 2 is 2.07 bits per heavy atom. The molecule has 7 nitrogen and oxygen atoms in total. The molecule has 0 spiro atoms. The van der Waals surface area contributed by atoms with Gasteiger partial charge in [0, 0.05) is 18.3 Å². The monoisotopic (exact) mass is 393 g/mol. The van der Waals surface area contributed by atoms with Gasteiger partial charge in [0.05, 0.1) is 31.0 Å². The highest BCUT2D eigenvalue weighted by molar-refractivity contribution is 7.99. The zero-order valence-corrected chi connectivity index (χ0v) is 16.2. The number of amides is 1. The minimum Gasteiger partial charge on any atom is -0.497 e. The number of aromatic nitrogens is 3. The average molecular weight is 393 g/mol. The Morgan fingerprint density at radius 3 is 2.82 bits per heavy atom. The highest BCUT2D eigenvalue weighted by atomic mass is 32.2. The summed E-state index contributed by atoms with van der Waals surface area (Å²) < 4.78 is 7.07. The third-order valence-corrected chi connectivity index (χ3v) is 4.92. The predicted molar refractivity (Wildman–Crippen MR) is 108 cm³/mol. The molecular formula is C20H19N5O2S. The summed E-state index contributed by atoms with van der Waals surface area (Å²) in [6.45, 7) is 0.350. The second-order valence-corrected chi connectivity index (χ2v) is 6.71. The van der Waals surface area contributed by atoms with Crippen LogP contribution in [0.4, 0.5) is 5.69 Å². The van der Waals surface area contributed by atoms with E-state index in [2.05, 4.69) is 16.3 Å². The van der Waals surface area contributed by atoms with E-state index in [0.29, 0.717) is 11.7 Å². The number of methoxy groups -OCH3 is 1. The van der Waals surface area contributed by atoms with Gasteiger partial charge in [0.1, 0.15) is 12.1 Å². The maximum absolute atomic E-state index is 12.8. The van der Waals surface area contributed by atoms with Gasteiger partial charge < -0.3 is 9.64 Å². The van der Waals surface area contributed by atoms with Gasteiger partial charge in [-0.25, -0.2) is 0 Å². The van der Waals surface area contributed by atoms with Crippen LogP contribution < -0.4 is 9.64 Å². The van der Waals surface area contributed by atoms with E-state index < -0.39 is 0 Å². The minimum atomic E-state index is -0.0911. The van der Waals surface area contributed by atoms with Gasteiger partial charge in [0.15, 0.2) is 5.16 Å². The fourth-order valence-corrected chi connectivity index (χ4v) is 3.44. The van der Waals surface area contributed by atoms with E-state index in [-0.39, 0.29) is 18.1 Å². The lowest BCUT2D eigenvalue weighted by Gasteiger charge is -2.21. The van der Waals surface area contributed by atoms with Gasteiger partial charge in [-0.05, 0) is 24.3 Å². The van der Waals surface area contributed by atoms with E-state index in [9.17, 15) is 4.79 Å². The van der Waals surface area contributed by atoms with Crippen LogP contribution >= 0.6 is 11.8 Å². The van der Waals surface area contributed by atoms with Crippen molar-refractivity contribution in [3.05, 3.63) is 60.9 Å². The number of anilines is 1. The van der Waals surface area contributed by atoms with E-state index in [1.54, 1.807) is 18.3 Å². The number of nitriles is 1. The van der Waals surface area contributed by atoms with Crippen LogP contribution in [-0.2, 0) is 4.79 Å². The molecule has 0 aliphatic carbocycles. The smallest absolute Gasteiger partial charge is 0.237 e. The first-order chi connectivity index (χ1) is 13.7. The first-order valence-corrected chi connectivity index (χ1v) is 9.61. The van der Waals surface area contributed by atoms with Crippen LogP contribution in [0.3, 0.4) is 0 Å². The normalized spacial score (nSPS) is 10.3. The number of hydrogen-bond donors (Lipinski definition) is 0. The number of ether oxygens (including phenoxy) is 1. The van der Waals surface area contributed by atoms with Gasteiger partial charge in [0.25, 0.3) is 0 Å². The lowest BCUT2D eigenvalue weighted by Crippen LogP contribution is -2.33. The topological polar surface area (TPSA) is 84.0 Å². The van der Waals surface area contributed by atoms with Crippen LogP contribution in [0.2, 0.25) is 0 Å². The number of rotatable bonds is 8. The first kappa shape index (κ1) is 19.5. The van der Waals surface area contributed by atoms with Crippen LogP contribution in [0.1, 0.15) is 6.42 Å². The SMILES string of the molecule is COc1cccc(-n2cnnc2SCC(=O)N(CCC#N)c2ccccc2)c1. The molecule has 142 valence electrons. The Hall–Kier alpha value is -3.31. The summed E-state index contributed by atoms with van der Waals surface area (Å²) >= 11 is 1.30. The van der Waals surface area contributed by atoms with Crippen LogP contribution in [0, 0.1) is 11.3 Å². The van der Waals surface area contributed by atoms with Crippen LogP contribution in [0.15, 0.2) is 66.1 Å². The molecule has 0 aliphatic rings. The Bertz CT molecular complexity index is 968. The van der Waals surface area contributed by atoms with Gasteiger partial charge in [0.2, 0.25) is 5.91 Å². The summed E-state index contributed by atoms with van der Waals surface area (Å²) in [7, 11) is 1.61. The molecule has 0 aliphatic heterocycles. The number of benzene rings is 2. The highest BCUT2D eigenvalue weighted by Crippen LogP contribution is 2.23. The molecule has 1 aromatic heterocycles. The van der Waals surface area contributed by atoms with E-state index in [1.165, 1.54) is 11.8 Å². The standard InChI is InChI=1S/C20H19N5O2S/c1-27-18-10-5-9-17(13-18)25-15-22-23-20(25)28-14-19(26)24(12-6-11-21)16-7-3-2-4-8-16/h2-5,7-10,13,15H,6,12,14H2,1H3. The number of carbonyl (C=O) groups is 1. The van der Waals surface area contributed by atoms with Crippen molar-refractivity contribution in [1.82, 2.24) is 14.8 Å². The molecule has 0 fully saturated rings. The van der Waals surface area contributed by atoms with E-state index in [0.717, 1.165) is 17.1 Å². The van der Waals surface area contributed by atoms with E-state index in [1.807, 2.05) is 59.2 Å². The number of thioether (sulfide) groups is 1. The highest BCUT2D eigenvalue weighted by Gasteiger charge is 2.17. The summed E-state index contributed by atoms with van der Waals surface area (Å²) in [5.41, 5.74) is 1.63. The van der Waals surface area contributed by atoms with Crippen molar-refractivity contribution < 1.29 is 9.53 Å². The molecule has 0 radical (unpaired) electrons. The summed E-state index contributed by atoms with van der Waals surface area (Å²) in [4.78, 5) is 14.4. The Balaban J connectivity index is 1.73. The van der Waals surface area contributed by atoms with Gasteiger partial charge in [-0.2, -0.15) is 5.26 Å².